The van der Waals surface area contributed by atoms with E-state index >= 15 is 0 Å². The summed E-state index contributed by atoms with van der Waals surface area (Å²) in [5.74, 6) is -0.447. The number of oxazole rings is 1. The van der Waals surface area contributed by atoms with Crippen LogP contribution in [0.1, 0.15) is 16.5 Å². The highest BCUT2D eigenvalue weighted by molar-refractivity contribution is 6.34. The number of nitrogens with one attached hydrogen (secondary N) is 1. The first-order valence-electron chi connectivity index (χ1n) is 8.04. The zero-order chi connectivity index (χ0) is 18.3. The monoisotopic (exact) mass is 372 g/mol. The van der Waals surface area contributed by atoms with Gasteiger partial charge in [-0.3, -0.25) is 9.48 Å². The standard InChI is InChI=1S/C17H17ClN6O2/c1-23-7-12(8-23)24-6-11(5-20-24)10-2-3-13(18)14(4-10)21-16(25)15-9-26-17(19)22-15/h2-6,9,12H,7-8H2,1H3,(H2,19,22)(H,21,25). The van der Waals surface area contributed by atoms with Crippen LogP contribution in [0.5, 0.6) is 0 Å². The Labute approximate surface area is 154 Å². The lowest BCUT2D eigenvalue weighted by molar-refractivity contribution is 0.102. The van der Waals surface area contributed by atoms with Crippen molar-refractivity contribution in [3.8, 4) is 11.1 Å². The summed E-state index contributed by atoms with van der Waals surface area (Å²) in [6.45, 7) is 1.98. The van der Waals surface area contributed by atoms with Gasteiger partial charge in [0.15, 0.2) is 5.69 Å². The molecular formula is C17H17ClN6O2. The molecule has 3 aromatic rings. The van der Waals surface area contributed by atoms with E-state index in [2.05, 4.69) is 27.3 Å². The number of halogens is 1. The summed E-state index contributed by atoms with van der Waals surface area (Å²) in [4.78, 5) is 18.3. The second-order valence-electron chi connectivity index (χ2n) is 6.30. The normalized spacial score (nSPS) is 15.0. The van der Waals surface area contributed by atoms with Crippen molar-refractivity contribution in [1.82, 2.24) is 19.7 Å². The van der Waals surface area contributed by atoms with Crippen LogP contribution in [0.4, 0.5) is 11.7 Å². The average molecular weight is 373 g/mol. The van der Waals surface area contributed by atoms with Gasteiger partial charge in [-0.1, -0.05) is 17.7 Å². The molecule has 0 saturated carbocycles. The number of nitrogens with two attached hydrogens (primary N) is 1. The van der Waals surface area contributed by atoms with Crippen LogP contribution < -0.4 is 11.1 Å². The summed E-state index contributed by atoms with van der Waals surface area (Å²) in [6.07, 6.45) is 5.01. The Morgan fingerprint density at radius 3 is 2.88 bits per heavy atom. The molecular weight excluding hydrogens is 356 g/mol. The van der Waals surface area contributed by atoms with Crippen LogP contribution in [0.15, 0.2) is 41.3 Å². The lowest BCUT2D eigenvalue weighted by Gasteiger charge is -2.36. The number of likely N-dealkylation sites (N-methyl/N-ethyl adjacent to an activating group) is 1. The Balaban J connectivity index is 1.55. The van der Waals surface area contributed by atoms with E-state index in [0.29, 0.717) is 16.8 Å². The first kappa shape index (κ1) is 16.6. The second kappa shape index (κ2) is 6.47. The van der Waals surface area contributed by atoms with E-state index in [9.17, 15) is 4.79 Å². The number of hydrogen-bond acceptors (Lipinski definition) is 6. The number of carbonyl (C=O) groups excluding carboxylic acids is 1. The fourth-order valence-corrected chi connectivity index (χ4v) is 3.06. The van der Waals surface area contributed by atoms with Crippen molar-refractivity contribution in [2.75, 3.05) is 31.2 Å². The largest absolute Gasteiger partial charge is 0.431 e. The van der Waals surface area contributed by atoms with Crippen LogP contribution >= 0.6 is 11.6 Å². The second-order valence-corrected chi connectivity index (χ2v) is 6.71. The minimum absolute atomic E-state index is 0.0657. The third-order valence-electron chi connectivity index (χ3n) is 4.32. The predicted octanol–water partition coefficient (Wildman–Crippen LogP) is 2.51. The summed E-state index contributed by atoms with van der Waals surface area (Å²) in [5.41, 5.74) is 7.82. The molecule has 0 spiro atoms. The highest BCUT2D eigenvalue weighted by Crippen LogP contribution is 2.30. The van der Waals surface area contributed by atoms with Gasteiger partial charge < -0.3 is 20.4 Å². The SMILES string of the molecule is CN1CC(n2cc(-c3ccc(Cl)c(NC(=O)c4coc(N)n4)c3)cn2)C1. The van der Waals surface area contributed by atoms with Gasteiger partial charge in [-0.25, -0.2) is 0 Å². The molecule has 1 aliphatic heterocycles. The lowest BCUT2D eigenvalue weighted by atomic mass is 10.1. The Bertz CT molecular complexity index is 960. The Hall–Kier alpha value is -2.84. The fraction of sp³-hybridized carbons (Fsp3) is 0.235. The van der Waals surface area contributed by atoms with Crippen LogP contribution in [-0.4, -0.2) is 45.7 Å². The molecule has 0 radical (unpaired) electrons. The number of rotatable bonds is 4. The van der Waals surface area contributed by atoms with Gasteiger partial charge in [0.1, 0.15) is 6.26 Å². The van der Waals surface area contributed by atoms with Crippen molar-refractivity contribution in [3.05, 3.63) is 47.6 Å². The van der Waals surface area contributed by atoms with E-state index in [1.807, 2.05) is 23.1 Å². The molecule has 1 aliphatic rings. The molecule has 2 aromatic heterocycles. The molecule has 1 aromatic carbocycles. The first-order chi connectivity index (χ1) is 12.5. The van der Waals surface area contributed by atoms with Gasteiger partial charge in [-0.05, 0) is 24.7 Å². The zero-order valence-corrected chi connectivity index (χ0v) is 14.8. The number of benzene rings is 1. The highest BCUT2D eigenvalue weighted by atomic mass is 35.5. The molecule has 0 unspecified atom stereocenters. The molecule has 0 atom stereocenters. The summed E-state index contributed by atoms with van der Waals surface area (Å²) in [6, 6.07) is 5.76. The van der Waals surface area contributed by atoms with Crippen LogP contribution in [0, 0.1) is 0 Å². The van der Waals surface area contributed by atoms with E-state index in [-0.39, 0.29) is 11.7 Å². The molecule has 0 aliphatic carbocycles. The maximum atomic E-state index is 12.2. The van der Waals surface area contributed by atoms with Crippen LogP contribution in [0.3, 0.4) is 0 Å². The Morgan fingerprint density at radius 1 is 1.38 bits per heavy atom. The quantitative estimate of drug-likeness (QED) is 0.729. The van der Waals surface area contributed by atoms with Crippen LogP contribution in [-0.2, 0) is 0 Å². The third kappa shape index (κ3) is 3.16. The number of amides is 1. The Kier molecular flexibility index (Phi) is 4.14. The number of nitrogen functional groups attached to an aromatic ring is 1. The van der Waals surface area contributed by atoms with Crippen molar-refractivity contribution >= 4 is 29.2 Å². The zero-order valence-electron chi connectivity index (χ0n) is 14.0. The van der Waals surface area contributed by atoms with Gasteiger partial charge >= 0.3 is 0 Å². The minimum atomic E-state index is -0.447. The van der Waals surface area contributed by atoms with Crippen molar-refractivity contribution in [2.45, 2.75) is 6.04 Å². The molecule has 1 amide bonds. The minimum Gasteiger partial charge on any atom is -0.431 e. The van der Waals surface area contributed by atoms with E-state index in [4.69, 9.17) is 21.8 Å². The summed E-state index contributed by atoms with van der Waals surface area (Å²) < 4.78 is 6.83. The van der Waals surface area contributed by atoms with E-state index in [1.165, 1.54) is 6.26 Å². The number of carbonyl (C=O) groups is 1. The third-order valence-corrected chi connectivity index (χ3v) is 4.65. The van der Waals surface area contributed by atoms with Crippen molar-refractivity contribution in [2.24, 2.45) is 0 Å². The van der Waals surface area contributed by atoms with Gasteiger partial charge in [0.25, 0.3) is 11.9 Å². The molecule has 4 rings (SSSR count). The van der Waals surface area contributed by atoms with E-state index in [0.717, 1.165) is 24.2 Å². The molecule has 134 valence electrons. The van der Waals surface area contributed by atoms with Gasteiger partial charge in [-0.15, -0.1) is 0 Å². The molecule has 1 saturated heterocycles. The lowest BCUT2D eigenvalue weighted by Crippen LogP contribution is -2.45. The number of likely N-dealkylation sites (tertiary alicyclic amines) is 1. The predicted molar refractivity (Wildman–Crippen MR) is 98.1 cm³/mol. The molecule has 3 heterocycles. The van der Waals surface area contributed by atoms with Crippen molar-refractivity contribution < 1.29 is 9.21 Å². The molecule has 9 heteroatoms. The Morgan fingerprint density at radius 2 is 2.19 bits per heavy atom. The first-order valence-corrected chi connectivity index (χ1v) is 8.42. The smallest absolute Gasteiger partial charge is 0.292 e. The summed E-state index contributed by atoms with van der Waals surface area (Å²) in [7, 11) is 2.08. The van der Waals surface area contributed by atoms with Crippen molar-refractivity contribution in [1.29, 1.82) is 0 Å². The topological polar surface area (TPSA) is 102 Å². The molecule has 0 bridgehead atoms. The van der Waals surface area contributed by atoms with Gasteiger partial charge in [-0.2, -0.15) is 10.1 Å². The van der Waals surface area contributed by atoms with Gasteiger partial charge in [0, 0.05) is 24.8 Å². The maximum Gasteiger partial charge on any atom is 0.292 e. The maximum absolute atomic E-state index is 12.2. The molecule has 1 fully saturated rings. The number of aromatic nitrogens is 3. The number of anilines is 2. The highest BCUT2D eigenvalue weighted by Gasteiger charge is 2.25. The molecule has 26 heavy (non-hydrogen) atoms. The number of nitrogens with zero attached hydrogens (tertiary/aromatic N) is 4. The van der Waals surface area contributed by atoms with Gasteiger partial charge in [0.05, 0.1) is 22.9 Å². The average Bonchev–Trinajstić information content (AvgIpc) is 3.23. The van der Waals surface area contributed by atoms with Gasteiger partial charge in [0.2, 0.25) is 0 Å². The molecule has 3 N–H and O–H groups in total. The van der Waals surface area contributed by atoms with E-state index < -0.39 is 5.91 Å². The van der Waals surface area contributed by atoms with Crippen molar-refractivity contribution in [3.63, 3.8) is 0 Å². The van der Waals surface area contributed by atoms with Crippen LogP contribution in [0.25, 0.3) is 11.1 Å². The van der Waals surface area contributed by atoms with E-state index in [1.54, 1.807) is 12.1 Å². The molecule has 8 nitrogen and oxygen atoms in total. The summed E-state index contributed by atoms with van der Waals surface area (Å²) in [5, 5.41) is 7.59. The fourth-order valence-electron chi connectivity index (χ4n) is 2.90. The van der Waals surface area contributed by atoms with Crippen LogP contribution in [0.2, 0.25) is 5.02 Å². The summed E-state index contributed by atoms with van der Waals surface area (Å²) >= 11 is 6.21. The number of hydrogen-bond donors (Lipinski definition) is 2.